The van der Waals surface area contributed by atoms with Crippen LogP contribution in [-0.2, 0) is 17.8 Å². The molecule has 1 saturated heterocycles. The van der Waals surface area contributed by atoms with E-state index in [0.29, 0.717) is 25.2 Å². The molecule has 0 aliphatic carbocycles. The van der Waals surface area contributed by atoms with E-state index in [4.69, 9.17) is 4.74 Å². The molecule has 2 aliphatic rings. The number of rotatable bonds is 1. The molecule has 0 unspecified atom stereocenters. The van der Waals surface area contributed by atoms with Crippen LogP contribution in [0.3, 0.4) is 0 Å². The Morgan fingerprint density at radius 1 is 1.09 bits per heavy atom. The van der Waals surface area contributed by atoms with E-state index in [1.54, 1.807) is 11.1 Å². The molecule has 0 spiro atoms. The lowest BCUT2D eigenvalue weighted by molar-refractivity contribution is 0.0192. The van der Waals surface area contributed by atoms with Gasteiger partial charge >= 0.3 is 6.09 Å². The Morgan fingerprint density at radius 3 is 2.43 bits per heavy atom. The second kappa shape index (κ2) is 5.86. The van der Waals surface area contributed by atoms with Crippen molar-refractivity contribution in [1.29, 1.82) is 0 Å². The maximum absolute atomic E-state index is 12.6. The number of carbonyl (C=O) groups is 2. The second-order valence-corrected chi connectivity index (χ2v) is 7.13. The van der Waals surface area contributed by atoms with Crippen LogP contribution < -0.4 is 0 Å². The van der Waals surface area contributed by atoms with Gasteiger partial charge in [0.25, 0.3) is 5.91 Å². The van der Waals surface area contributed by atoms with Crippen molar-refractivity contribution in [1.82, 2.24) is 19.6 Å². The summed E-state index contributed by atoms with van der Waals surface area (Å²) in [5, 5.41) is 4.31. The number of amides is 2. The number of hydrogen-bond acceptors (Lipinski definition) is 4. The molecule has 7 nitrogen and oxygen atoms in total. The van der Waals surface area contributed by atoms with Gasteiger partial charge in [-0.25, -0.2) is 4.79 Å². The fourth-order valence-electron chi connectivity index (χ4n) is 3.00. The average molecular weight is 320 g/mol. The lowest BCUT2D eigenvalue weighted by Crippen LogP contribution is -2.42. The Balaban J connectivity index is 1.76. The molecule has 1 aromatic rings. The molecule has 23 heavy (non-hydrogen) atoms. The molecule has 3 rings (SSSR count). The maximum atomic E-state index is 12.6. The third kappa shape index (κ3) is 3.33. The van der Waals surface area contributed by atoms with Crippen molar-refractivity contribution in [2.45, 2.75) is 52.3 Å². The first-order valence-corrected chi connectivity index (χ1v) is 8.17. The van der Waals surface area contributed by atoms with E-state index in [1.807, 2.05) is 30.4 Å². The molecular formula is C16H24N4O3. The van der Waals surface area contributed by atoms with Gasteiger partial charge in [0.15, 0.2) is 0 Å². The van der Waals surface area contributed by atoms with Crippen LogP contribution in [-0.4, -0.2) is 56.8 Å². The third-order valence-corrected chi connectivity index (χ3v) is 4.15. The number of carbonyl (C=O) groups excluding carboxylic acids is 2. The minimum Gasteiger partial charge on any atom is -0.444 e. The van der Waals surface area contributed by atoms with Crippen molar-refractivity contribution in [2.24, 2.45) is 0 Å². The normalized spacial score (nSPS) is 18.0. The zero-order valence-corrected chi connectivity index (χ0v) is 14.0. The van der Waals surface area contributed by atoms with Gasteiger partial charge in [0.1, 0.15) is 5.60 Å². The summed E-state index contributed by atoms with van der Waals surface area (Å²) in [7, 11) is 0. The van der Waals surface area contributed by atoms with Crippen molar-refractivity contribution in [3.63, 3.8) is 0 Å². The van der Waals surface area contributed by atoms with Gasteiger partial charge in [-0.3, -0.25) is 9.48 Å². The highest BCUT2D eigenvalue weighted by Crippen LogP contribution is 2.22. The average Bonchev–Trinajstić information content (AvgIpc) is 3.13. The number of nitrogens with zero attached hydrogens (tertiary/aromatic N) is 4. The summed E-state index contributed by atoms with van der Waals surface area (Å²) in [5.41, 5.74) is 0.891. The third-order valence-electron chi connectivity index (χ3n) is 4.15. The summed E-state index contributed by atoms with van der Waals surface area (Å²) >= 11 is 0. The van der Waals surface area contributed by atoms with Gasteiger partial charge in [-0.2, -0.15) is 5.10 Å². The number of ether oxygens (including phenoxy) is 1. The van der Waals surface area contributed by atoms with Crippen LogP contribution in [0, 0.1) is 0 Å². The van der Waals surface area contributed by atoms with E-state index in [-0.39, 0.29) is 12.0 Å². The van der Waals surface area contributed by atoms with Crippen LogP contribution in [0.2, 0.25) is 0 Å². The molecule has 0 saturated carbocycles. The predicted molar refractivity (Wildman–Crippen MR) is 84.0 cm³/mol. The summed E-state index contributed by atoms with van der Waals surface area (Å²) in [4.78, 5) is 28.4. The van der Waals surface area contributed by atoms with E-state index < -0.39 is 5.60 Å². The highest BCUT2D eigenvalue weighted by molar-refractivity contribution is 5.95. The van der Waals surface area contributed by atoms with Crippen molar-refractivity contribution in [3.05, 3.63) is 17.5 Å². The maximum Gasteiger partial charge on any atom is 0.410 e. The van der Waals surface area contributed by atoms with Gasteiger partial charge in [0.05, 0.1) is 30.5 Å². The largest absolute Gasteiger partial charge is 0.444 e. The van der Waals surface area contributed by atoms with Crippen molar-refractivity contribution >= 4 is 12.0 Å². The molecule has 126 valence electrons. The lowest BCUT2D eigenvalue weighted by Gasteiger charge is -2.31. The first kappa shape index (κ1) is 15.8. The molecule has 2 aliphatic heterocycles. The first-order chi connectivity index (χ1) is 10.8. The van der Waals surface area contributed by atoms with Crippen LogP contribution >= 0.6 is 0 Å². The van der Waals surface area contributed by atoms with Crippen LogP contribution in [0.5, 0.6) is 0 Å². The summed E-state index contributed by atoms with van der Waals surface area (Å²) in [6, 6.07) is 0. The minimum absolute atomic E-state index is 0.0230. The minimum atomic E-state index is -0.525. The summed E-state index contributed by atoms with van der Waals surface area (Å²) in [6.45, 7) is 8.65. The molecule has 7 heteroatoms. The van der Waals surface area contributed by atoms with E-state index in [9.17, 15) is 9.59 Å². The van der Waals surface area contributed by atoms with Crippen LogP contribution in [0.4, 0.5) is 4.79 Å². The van der Waals surface area contributed by atoms with Gasteiger partial charge in [0.2, 0.25) is 0 Å². The van der Waals surface area contributed by atoms with Crippen molar-refractivity contribution in [3.8, 4) is 0 Å². The molecule has 0 radical (unpaired) electrons. The zero-order valence-electron chi connectivity index (χ0n) is 14.0. The standard InChI is InChI=1S/C16H24N4O3/c1-16(2,3)23-15(22)19-8-9-20-13(11-19)12(10-17-20)14(21)18-6-4-5-7-18/h10H,4-9,11H2,1-3H3. The van der Waals surface area contributed by atoms with E-state index in [1.165, 1.54) is 0 Å². The number of likely N-dealkylation sites (tertiary alicyclic amines) is 1. The summed E-state index contributed by atoms with van der Waals surface area (Å²) in [5.74, 6) is 0.0230. The first-order valence-electron chi connectivity index (χ1n) is 8.17. The molecule has 1 aromatic heterocycles. The van der Waals surface area contributed by atoms with Crippen molar-refractivity contribution < 1.29 is 14.3 Å². The fraction of sp³-hybridized carbons (Fsp3) is 0.688. The van der Waals surface area contributed by atoms with Gasteiger partial charge in [0, 0.05) is 19.6 Å². The van der Waals surface area contributed by atoms with Gasteiger partial charge in [-0.15, -0.1) is 0 Å². The summed E-state index contributed by atoms with van der Waals surface area (Å²) in [6.07, 6.45) is 3.40. The number of aromatic nitrogens is 2. The Hall–Kier alpha value is -2.05. The van der Waals surface area contributed by atoms with E-state index >= 15 is 0 Å². The topological polar surface area (TPSA) is 67.7 Å². The Kier molecular flexibility index (Phi) is 4.04. The Bertz CT molecular complexity index is 611. The van der Waals surface area contributed by atoms with Crippen molar-refractivity contribution in [2.75, 3.05) is 19.6 Å². The molecular weight excluding hydrogens is 296 g/mol. The lowest BCUT2D eigenvalue weighted by atomic mass is 10.2. The van der Waals surface area contributed by atoms with E-state index in [0.717, 1.165) is 31.6 Å². The molecule has 0 atom stereocenters. The SMILES string of the molecule is CC(C)(C)OC(=O)N1CCn2ncc(C(=O)N3CCCC3)c2C1. The quantitative estimate of drug-likeness (QED) is 0.792. The monoisotopic (exact) mass is 320 g/mol. The van der Waals surface area contributed by atoms with Crippen LogP contribution in [0.1, 0.15) is 49.7 Å². The Morgan fingerprint density at radius 2 is 1.78 bits per heavy atom. The van der Waals surface area contributed by atoms with Gasteiger partial charge < -0.3 is 14.5 Å². The second-order valence-electron chi connectivity index (χ2n) is 7.13. The zero-order chi connectivity index (χ0) is 16.6. The van der Waals surface area contributed by atoms with E-state index in [2.05, 4.69) is 5.10 Å². The molecule has 0 bridgehead atoms. The highest BCUT2D eigenvalue weighted by Gasteiger charge is 2.31. The number of hydrogen-bond donors (Lipinski definition) is 0. The fourth-order valence-corrected chi connectivity index (χ4v) is 3.00. The van der Waals surface area contributed by atoms with Crippen LogP contribution in [0.25, 0.3) is 0 Å². The molecule has 3 heterocycles. The van der Waals surface area contributed by atoms with Gasteiger partial charge in [-0.05, 0) is 33.6 Å². The number of fused-ring (bicyclic) bond motifs is 1. The Labute approximate surface area is 136 Å². The molecule has 0 aromatic carbocycles. The highest BCUT2D eigenvalue weighted by atomic mass is 16.6. The molecule has 1 fully saturated rings. The summed E-state index contributed by atoms with van der Waals surface area (Å²) < 4.78 is 7.25. The molecule has 2 amide bonds. The van der Waals surface area contributed by atoms with Crippen LogP contribution in [0.15, 0.2) is 6.20 Å². The predicted octanol–water partition coefficient (Wildman–Crippen LogP) is 1.87. The smallest absolute Gasteiger partial charge is 0.410 e. The molecule has 0 N–H and O–H groups in total. The van der Waals surface area contributed by atoms with Gasteiger partial charge in [-0.1, -0.05) is 0 Å².